The first-order chi connectivity index (χ1) is 9.05. The molecule has 1 fully saturated rings. The summed E-state index contributed by atoms with van der Waals surface area (Å²) >= 11 is 0. The minimum Gasteiger partial charge on any atom is -0.295 e. The standard InChI is InChI=1S/C17H19NO/c1-17(2)14(10-11-18)12-15(17)16(19)9-8-13-6-4-3-5-7-13/h3-9,14-15H,10,12H2,1-2H3/b9-8+/t14-,15-/m1/s1. The number of ketones is 1. The summed E-state index contributed by atoms with van der Waals surface area (Å²) in [6, 6.07) is 12.1. The Morgan fingerprint density at radius 3 is 2.68 bits per heavy atom. The predicted octanol–water partition coefficient (Wildman–Crippen LogP) is 3.84. The molecule has 1 aromatic carbocycles. The molecular formula is C17H19NO. The quantitative estimate of drug-likeness (QED) is 0.765. The number of hydrogen-bond donors (Lipinski definition) is 0. The molecule has 2 nitrogen and oxygen atoms in total. The third-order valence-electron chi connectivity index (χ3n) is 4.39. The van der Waals surface area contributed by atoms with Crippen LogP contribution in [0.15, 0.2) is 36.4 Å². The molecule has 0 amide bonds. The van der Waals surface area contributed by atoms with E-state index in [2.05, 4.69) is 19.9 Å². The van der Waals surface area contributed by atoms with E-state index in [1.54, 1.807) is 6.08 Å². The summed E-state index contributed by atoms with van der Waals surface area (Å²) in [7, 11) is 0. The molecule has 0 heterocycles. The smallest absolute Gasteiger partial charge is 0.159 e. The Labute approximate surface area is 114 Å². The minimum absolute atomic E-state index is 0.0478. The van der Waals surface area contributed by atoms with Gasteiger partial charge in [0, 0.05) is 12.3 Å². The number of rotatable bonds is 4. The summed E-state index contributed by atoms with van der Waals surface area (Å²) in [5.74, 6) is 0.602. The van der Waals surface area contributed by atoms with Crippen molar-refractivity contribution in [1.29, 1.82) is 5.26 Å². The Morgan fingerprint density at radius 1 is 1.42 bits per heavy atom. The third kappa shape index (κ3) is 2.76. The number of nitrogens with zero attached hydrogens (tertiary/aromatic N) is 1. The molecule has 0 saturated heterocycles. The van der Waals surface area contributed by atoms with Crippen molar-refractivity contribution in [3.05, 3.63) is 42.0 Å². The van der Waals surface area contributed by atoms with Crippen molar-refractivity contribution >= 4 is 11.9 Å². The van der Waals surface area contributed by atoms with Crippen LogP contribution in [0.4, 0.5) is 0 Å². The molecule has 2 heteroatoms. The van der Waals surface area contributed by atoms with Gasteiger partial charge in [-0.2, -0.15) is 5.26 Å². The summed E-state index contributed by atoms with van der Waals surface area (Å²) < 4.78 is 0. The lowest BCUT2D eigenvalue weighted by molar-refractivity contribution is -0.132. The van der Waals surface area contributed by atoms with E-state index in [9.17, 15) is 4.79 Å². The molecule has 0 unspecified atom stereocenters. The molecule has 2 atom stereocenters. The van der Waals surface area contributed by atoms with E-state index in [1.807, 2.05) is 36.4 Å². The summed E-state index contributed by atoms with van der Waals surface area (Å²) in [6.45, 7) is 4.19. The second-order valence-electron chi connectivity index (χ2n) is 5.82. The lowest BCUT2D eigenvalue weighted by atomic mass is 9.52. The SMILES string of the molecule is CC1(C)[C@H](CC#N)C[C@@H]1C(=O)/C=C/c1ccccc1. The fourth-order valence-corrected chi connectivity index (χ4v) is 2.81. The Balaban J connectivity index is 1.99. The van der Waals surface area contributed by atoms with Crippen LogP contribution in [0.2, 0.25) is 0 Å². The fourth-order valence-electron chi connectivity index (χ4n) is 2.81. The van der Waals surface area contributed by atoms with E-state index in [-0.39, 0.29) is 17.1 Å². The first-order valence-electron chi connectivity index (χ1n) is 6.69. The van der Waals surface area contributed by atoms with Gasteiger partial charge in [-0.05, 0) is 29.4 Å². The van der Waals surface area contributed by atoms with Gasteiger partial charge in [0.05, 0.1) is 6.07 Å². The molecule has 19 heavy (non-hydrogen) atoms. The van der Waals surface area contributed by atoms with E-state index < -0.39 is 0 Å². The van der Waals surface area contributed by atoms with Gasteiger partial charge in [-0.15, -0.1) is 0 Å². The van der Waals surface area contributed by atoms with Crippen LogP contribution in [0.25, 0.3) is 6.08 Å². The molecule has 1 aliphatic rings. The molecule has 1 aliphatic carbocycles. The van der Waals surface area contributed by atoms with Crippen LogP contribution in [0, 0.1) is 28.6 Å². The lowest BCUT2D eigenvalue weighted by Crippen LogP contribution is -2.48. The van der Waals surface area contributed by atoms with Crippen LogP contribution < -0.4 is 0 Å². The monoisotopic (exact) mass is 253 g/mol. The highest BCUT2D eigenvalue weighted by Crippen LogP contribution is 2.53. The fraction of sp³-hybridized carbons (Fsp3) is 0.412. The normalized spacial score (nSPS) is 24.7. The molecule has 1 saturated carbocycles. The van der Waals surface area contributed by atoms with E-state index in [0.29, 0.717) is 12.3 Å². The molecule has 0 N–H and O–H groups in total. The average Bonchev–Trinajstić information content (AvgIpc) is 2.41. The highest BCUT2D eigenvalue weighted by atomic mass is 16.1. The minimum atomic E-state index is -0.0478. The van der Waals surface area contributed by atoms with Crippen LogP contribution in [-0.4, -0.2) is 5.78 Å². The summed E-state index contributed by atoms with van der Waals surface area (Å²) in [5.41, 5.74) is 0.995. The van der Waals surface area contributed by atoms with Crippen molar-refractivity contribution in [2.45, 2.75) is 26.7 Å². The first-order valence-corrected chi connectivity index (χ1v) is 6.69. The Kier molecular flexibility index (Phi) is 3.85. The molecular weight excluding hydrogens is 234 g/mol. The van der Waals surface area contributed by atoms with Crippen LogP contribution >= 0.6 is 0 Å². The van der Waals surface area contributed by atoms with Crippen LogP contribution in [0.5, 0.6) is 0 Å². The molecule has 98 valence electrons. The zero-order valence-electron chi connectivity index (χ0n) is 11.5. The van der Waals surface area contributed by atoms with Gasteiger partial charge in [-0.1, -0.05) is 50.3 Å². The van der Waals surface area contributed by atoms with Crippen LogP contribution in [0.1, 0.15) is 32.3 Å². The van der Waals surface area contributed by atoms with Crippen molar-refractivity contribution in [1.82, 2.24) is 0 Å². The molecule has 0 bridgehead atoms. The van der Waals surface area contributed by atoms with Gasteiger partial charge < -0.3 is 0 Å². The van der Waals surface area contributed by atoms with E-state index in [4.69, 9.17) is 5.26 Å². The van der Waals surface area contributed by atoms with Gasteiger partial charge >= 0.3 is 0 Å². The molecule has 0 radical (unpaired) electrons. The second-order valence-corrected chi connectivity index (χ2v) is 5.82. The van der Waals surface area contributed by atoms with Crippen molar-refractivity contribution < 1.29 is 4.79 Å². The van der Waals surface area contributed by atoms with Crippen molar-refractivity contribution in [3.63, 3.8) is 0 Å². The lowest BCUT2D eigenvalue weighted by Gasteiger charge is -2.50. The van der Waals surface area contributed by atoms with E-state index in [1.165, 1.54) is 0 Å². The van der Waals surface area contributed by atoms with E-state index in [0.717, 1.165) is 12.0 Å². The Hall–Kier alpha value is -1.88. The highest BCUT2D eigenvalue weighted by molar-refractivity contribution is 5.96. The number of nitriles is 1. The molecule has 0 aliphatic heterocycles. The van der Waals surface area contributed by atoms with Gasteiger partial charge in [-0.3, -0.25) is 4.79 Å². The van der Waals surface area contributed by atoms with Crippen LogP contribution in [-0.2, 0) is 4.79 Å². The van der Waals surface area contributed by atoms with Crippen molar-refractivity contribution in [3.8, 4) is 6.07 Å². The highest BCUT2D eigenvalue weighted by Gasteiger charge is 2.50. The summed E-state index contributed by atoms with van der Waals surface area (Å²) in [4.78, 5) is 12.2. The average molecular weight is 253 g/mol. The third-order valence-corrected chi connectivity index (χ3v) is 4.39. The number of benzene rings is 1. The molecule has 0 aromatic heterocycles. The van der Waals surface area contributed by atoms with Gasteiger partial charge in [0.25, 0.3) is 0 Å². The van der Waals surface area contributed by atoms with E-state index >= 15 is 0 Å². The first kappa shape index (κ1) is 13.5. The Morgan fingerprint density at radius 2 is 2.11 bits per heavy atom. The second kappa shape index (κ2) is 5.40. The maximum absolute atomic E-state index is 12.2. The predicted molar refractivity (Wildman–Crippen MR) is 76.1 cm³/mol. The molecule has 0 spiro atoms. The van der Waals surface area contributed by atoms with Gasteiger partial charge in [0.15, 0.2) is 5.78 Å². The Bertz CT molecular complexity index is 522. The zero-order chi connectivity index (χ0) is 13.9. The molecule has 2 rings (SSSR count). The summed E-state index contributed by atoms with van der Waals surface area (Å²) in [5, 5.41) is 8.76. The number of allylic oxidation sites excluding steroid dienone is 1. The van der Waals surface area contributed by atoms with Crippen LogP contribution in [0.3, 0.4) is 0 Å². The zero-order valence-corrected chi connectivity index (χ0v) is 11.5. The number of carbonyl (C=O) groups is 1. The van der Waals surface area contributed by atoms with Gasteiger partial charge in [0.1, 0.15) is 0 Å². The maximum atomic E-state index is 12.2. The van der Waals surface area contributed by atoms with Crippen molar-refractivity contribution in [2.75, 3.05) is 0 Å². The van der Waals surface area contributed by atoms with Gasteiger partial charge in [0.2, 0.25) is 0 Å². The number of hydrogen-bond acceptors (Lipinski definition) is 2. The number of carbonyl (C=O) groups excluding carboxylic acids is 1. The largest absolute Gasteiger partial charge is 0.295 e. The maximum Gasteiger partial charge on any atom is 0.159 e. The summed E-state index contributed by atoms with van der Waals surface area (Å²) in [6.07, 6.45) is 4.96. The van der Waals surface area contributed by atoms with Crippen molar-refractivity contribution in [2.24, 2.45) is 17.3 Å². The molecule has 1 aromatic rings. The topological polar surface area (TPSA) is 40.9 Å². The van der Waals surface area contributed by atoms with Gasteiger partial charge in [-0.25, -0.2) is 0 Å².